The van der Waals surface area contributed by atoms with E-state index < -0.39 is 0 Å². The number of rotatable bonds is 6. The van der Waals surface area contributed by atoms with E-state index in [-0.39, 0.29) is 23.0 Å². The fourth-order valence-electron chi connectivity index (χ4n) is 3.45. The van der Waals surface area contributed by atoms with Crippen LogP contribution < -0.4 is 0 Å². The molecule has 0 spiro atoms. The number of phenolic OH excluding ortho intramolecular Hbond substituents is 4. The van der Waals surface area contributed by atoms with Gasteiger partial charge in [0.25, 0.3) is 0 Å². The first-order chi connectivity index (χ1) is 17.6. The average molecular weight is 754 g/mol. The summed E-state index contributed by atoms with van der Waals surface area (Å²) in [4.78, 5) is 8.73. The van der Waals surface area contributed by atoms with Gasteiger partial charge in [-0.3, -0.25) is 9.98 Å². The summed E-state index contributed by atoms with van der Waals surface area (Å²) < 4.78 is 2.58. The van der Waals surface area contributed by atoms with E-state index in [0.717, 1.165) is 20.1 Å². The molecule has 0 bridgehead atoms. The molecule has 0 heterocycles. The summed E-state index contributed by atoms with van der Waals surface area (Å²) in [5.74, 6) is 0.0979. The number of phenols is 4. The lowest BCUT2D eigenvalue weighted by atomic mass is 10.0. The van der Waals surface area contributed by atoms with Crippen molar-refractivity contribution in [2.75, 3.05) is 0 Å². The van der Waals surface area contributed by atoms with Crippen LogP contribution in [0, 0.1) is 0 Å². The van der Waals surface area contributed by atoms with Gasteiger partial charge in [-0.05, 0) is 97.9 Å². The van der Waals surface area contributed by atoms with E-state index >= 15 is 0 Å². The first-order valence-corrected chi connectivity index (χ1v) is 13.9. The number of nitrogens with zero attached hydrogens (tertiary/aromatic N) is 2. The van der Waals surface area contributed by atoms with Gasteiger partial charge in [-0.25, -0.2) is 0 Å². The van der Waals surface area contributed by atoms with Gasteiger partial charge >= 0.3 is 0 Å². The van der Waals surface area contributed by atoms with Crippen LogP contribution in [-0.2, 0) is 6.42 Å². The predicted octanol–water partition coefficient (Wildman–Crippen LogP) is 8.65. The quantitative estimate of drug-likeness (QED) is 0.148. The molecular formula is C27H18Br4N2O4. The second-order valence-electron chi connectivity index (χ2n) is 7.99. The van der Waals surface area contributed by atoms with Crippen molar-refractivity contribution in [1.29, 1.82) is 0 Å². The highest BCUT2D eigenvalue weighted by Gasteiger charge is 2.09. The zero-order chi connectivity index (χ0) is 26.7. The van der Waals surface area contributed by atoms with Crippen molar-refractivity contribution in [2.24, 2.45) is 9.98 Å². The van der Waals surface area contributed by atoms with E-state index in [1.165, 1.54) is 12.4 Å². The van der Waals surface area contributed by atoms with E-state index in [1.807, 2.05) is 0 Å². The third-order valence-corrected chi connectivity index (χ3v) is 7.41. The lowest BCUT2D eigenvalue weighted by molar-refractivity contribution is 0.470. The van der Waals surface area contributed by atoms with Crippen LogP contribution in [-0.4, -0.2) is 32.9 Å². The van der Waals surface area contributed by atoms with Crippen LogP contribution in [0.2, 0.25) is 0 Å². The summed E-state index contributed by atoms with van der Waals surface area (Å²) in [6.45, 7) is 0. The van der Waals surface area contributed by atoms with Gasteiger partial charge in [0.15, 0.2) is 0 Å². The molecule has 10 heteroatoms. The number of hydrogen-bond donors (Lipinski definition) is 4. The zero-order valence-electron chi connectivity index (χ0n) is 18.8. The highest BCUT2D eigenvalue weighted by Crippen LogP contribution is 2.35. The molecule has 0 saturated carbocycles. The van der Waals surface area contributed by atoms with E-state index in [9.17, 15) is 20.4 Å². The minimum Gasteiger partial charge on any atom is -0.506 e. The Labute approximate surface area is 246 Å². The summed E-state index contributed by atoms with van der Waals surface area (Å²) in [6, 6.07) is 17.1. The van der Waals surface area contributed by atoms with Crippen molar-refractivity contribution in [3.8, 4) is 23.0 Å². The maximum Gasteiger partial charge on any atom is 0.141 e. The third kappa shape index (κ3) is 6.81. The lowest BCUT2D eigenvalue weighted by Gasteiger charge is -2.08. The zero-order valence-corrected chi connectivity index (χ0v) is 25.2. The predicted molar refractivity (Wildman–Crippen MR) is 161 cm³/mol. The minimum absolute atomic E-state index is 0.00420. The molecule has 37 heavy (non-hydrogen) atoms. The van der Waals surface area contributed by atoms with Crippen LogP contribution in [0.3, 0.4) is 0 Å². The van der Waals surface area contributed by atoms with Crippen molar-refractivity contribution in [1.82, 2.24) is 0 Å². The molecule has 4 N–H and O–H groups in total. The summed E-state index contributed by atoms with van der Waals surface area (Å²) in [5, 5.41) is 41.1. The highest BCUT2D eigenvalue weighted by molar-refractivity contribution is 9.11. The number of aromatic hydroxyl groups is 4. The molecule has 0 aliphatic rings. The van der Waals surface area contributed by atoms with E-state index in [4.69, 9.17) is 0 Å². The van der Waals surface area contributed by atoms with Gasteiger partial charge in [0.2, 0.25) is 0 Å². The molecule has 4 aromatic carbocycles. The van der Waals surface area contributed by atoms with Gasteiger partial charge in [-0.15, -0.1) is 0 Å². The van der Waals surface area contributed by atoms with Crippen molar-refractivity contribution in [3.63, 3.8) is 0 Å². The molecule has 4 aromatic rings. The first-order valence-electron chi connectivity index (χ1n) is 10.7. The maximum absolute atomic E-state index is 10.3. The first kappa shape index (κ1) is 27.4. The van der Waals surface area contributed by atoms with Gasteiger partial charge in [-0.2, -0.15) is 0 Å². The fraction of sp³-hybridized carbons (Fsp3) is 0.0370. The van der Waals surface area contributed by atoms with Crippen LogP contribution >= 0.6 is 63.7 Å². The molecule has 0 aromatic heterocycles. The molecule has 0 unspecified atom stereocenters. The topological polar surface area (TPSA) is 106 Å². The second-order valence-corrected chi connectivity index (χ2v) is 11.5. The van der Waals surface area contributed by atoms with Gasteiger partial charge in [0.1, 0.15) is 34.4 Å². The molecule has 0 radical (unpaired) electrons. The van der Waals surface area contributed by atoms with E-state index in [0.29, 0.717) is 37.9 Å². The van der Waals surface area contributed by atoms with Crippen LogP contribution in [0.5, 0.6) is 23.0 Å². The molecule has 0 aliphatic carbocycles. The van der Waals surface area contributed by atoms with Crippen molar-refractivity contribution < 1.29 is 20.4 Å². The Bertz CT molecular complexity index is 1440. The number of halogens is 4. The Morgan fingerprint density at radius 1 is 0.568 bits per heavy atom. The standard InChI is InChI=1S/C27H18Br4N2O4/c28-18-8-16(26(36)20(30)10-18)12-32-22-6-14(1-3-24(22)34)5-15-2-4-25(35)23(7-15)33-13-17-9-19(29)11-21(31)27(17)37/h1-4,6-13,34-37H,5H2. The molecule has 0 saturated heterocycles. The van der Waals surface area contributed by atoms with Crippen molar-refractivity contribution in [2.45, 2.75) is 6.42 Å². The molecule has 0 fully saturated rings. The van der Waals surface area contributed by atoms with E-state index in [1.54, 1.807) is 60.7 Å². The summed E-state index contributed by atoms with van der Waals surface area (Å²) in [7, 11) is 0. The normalized spacial score (nSPS) is 11.6. The Balaban J connectivity index is 1.58. The summed E-state index contributed by atoms with van der Waals surface area (Å²) in [5.41, 5.74) is 3.41. The molecule has 6 nitrogen and oxygen atoms in total. The number of hydrogen-bond acceptors (Lipinski definition) is 6. The monoisotopic (exact) mass is 750 g/mol. The molecule has 0 amide bonds. The van der Waals surface area contributed by atoms with Gasteiger partial charge < -0.3 is 20.4 Å². The molecule has 0 aliphatic heterocycles. The van der Waals surface area contributed by atoms with Crippen LogP contribution in [0.25, 0.3) is 0 Å². The van der Waals surface area contributed by atoms with Crippen LogP contribution in [0.4, 0.5) is 11.4 Å². The molecule has 188 valence electrons. The van der Waals surface area contributed by atoms with Crippen molar-refractivity contribution in [3.05, 3.63) is 101 Å². The van der Waals surface area contributed by atoms with Gasteiger partial charge in [0, 0.05) is 32.5 Å². The number of benzene rings is 4. The highest BCUT2D eigenvalue weighted by atomic mass is 79.9. The summed E-state index contributed by atoms with van der Waals surface area (Å²) >= 11 is 13.4. The molecular weight excluding hydrogens is 736 g/mol. The Morgan fingerprint density at radius 2 is 0.973 bits per heavy atom. The largest absolute Gasteiger partial charge is 0.506 e. The maximum atomic E-state index is 10.3. The Morgan fingerprint density at radius 3 is 1.38 bits per heavy atom. The summed E-state index contributed by atoms with van der Waals surface area (Å²) in [6.07, 6.45) is 3.45. The van der Waals surface area contributed by atoms with E-state index in [2.05, 4.69) is 73.7 Å². The fourth-order valence-corrected chi connectivity index (χ4v) is 5.96. The Kier molecular flexibility index (Phi) is 8.74. The van der Waals surface area contributed by atoms with Gasteiger partial charge in [-0.1, -0.05) is 44.0 Å². The van der Waals surface area contributed by atoms with Gasteiger partial charge in [0.05, 0.1) is 8.95 Å². The van der Waals surface area contributed by atoms with Crippen molar-refractivity contribution >= 4 is 87.5 Å². The van der Waals surface area contributed by atoms with Crippen LogP contribution in [0.1, 0.15) is 22.3 Å². The lowest BCUT2D eigenvalue weighted by Crippen LogP contribution is -1.89. The second kappa shape index (κ2) is 11.8. The SMILES string of the molecule is Oc1ccc(Cc2ccc(O)c(N=Cc3cc(Br)cc(Br)c3O)c2)cc1N=Cc1cc(Br)cc(Br)c1O. The average Bonchev–Trinajstić information content (AvgIpc) is 2.85. The number of aliphatic imine (C=N–C) groups is 2. The molecule has 4 rings (SSSR count). The minimum atomic E-state index is 0.00420. The smallest absolute Gasteiger partial charge is 0.141 e. The third-order valence-electron chi connectivity index (χ3n) is 5.29. The van der Waals surface area contributed by atoms with Crippen LogP contribution in [0.15, 0.2) is 88.5 Å². The molecule has 0 atom stereocenters. The Hall–Kier alpha value is -2.66.